The number of rotatable bonds is 4. The summed E-state index contributed by atoms with van der Waals surface area (Å²) in [6, 6.07) is 3.54. The van der Waals surface area contributed by atoms with E-state index in [0.29, 0.717) is 6.54 Å². The third-order valence-electron chi connectivity index (χ3n) is 2.53. The highest BCUT2D eigenvalue weighted by Gasteiger charge is 2.07. The summed E-state index contributed by atoms with van der Waals surface area (Å²) in [5.74, 6) is 0. The molecule has 0 amide bonds. The number of hydrogen-bond donors (Lipinski definition) is 1. The fraction of sp³-hybridized carbons (Fsp3) is 0.333. The van der Waals surface area contributed by atoms with Gasteiger partial charge in [0.2, 0.25) is 0 Å². The molecule has 5 heteroatoms. The summed E-state index contributed by atoms with van der Waals surface area (Å²) in [4.78, 5) is 15.7. The van der Waals surface area contributed by atoms with Crippen LogP contribution in [0.4, 0.5) is 5.69 Å². The van der Waals surface area contributed by atoms with Crippen molar-refractivity contribution in [1.29, 1.82) is 0 Å². The first-order valence-electron chi connectivity index (χ1n) is 5.57. The van der Waals surface area contributed by atoms with Crippen molar-refractivity contribution in [3.05, 3.63) is 45.3 Å². The molecule has 1 unspecified atom stereocenters. The van der Waals surface area contributed by atoms with Crippen LogP contribution in [-0.4, -0.2) is 9.55 Å². The van der Waals surface area contributed by atoms with E-state index in [9.17, 15) is 4.79 Å². The number of pyridine rings is 1. The first kappa shape index (κ1) is 11.9. The molecule has 0 bridgehead atoms. The zero-order valence-electron chi connectivity index (χ0n) is 9.88. The van der Waals surface area contributed by atoms with E-state index in [1.807, 2.05) is 18.5 Å². The molecule has 2 heterocycles. The molecule has 0 fully saturated rings. The van der Waals surface area contributed by atoms with Gasteiger partial charge in [0.15, 0.2) is 0 Å². The molecule has 0 aliphatic rings. The second kappa shape index (κ2) is 5.14. The Morgan fingerprint density at radius 2 is 2.35 bits per heavy atom. The van der Waals surface area contributed by atoms with Gasteiger partial charge in [0.1, 0.15) is 5.01 Å². The molecule has 2 aromatic heterocycles. The Kier molecular flexibility index (Phi) is 3.58. The van der Waals surface area contributed by atoms with Crippen molar-refractivity contribution in [2.24, 2.45) is 0 Å². The average molecular weight is 249 g/mol. The van der Waals surface area contributed by atoms with E-state index in [2.05, 4.69) is 17.2 Å². The lowest BCUT2D eigenvalue weighted by Gasteiger charge is -2.13. The lowest BCUT2D eigenvalue weighted by Crippen LogP contribution is -2.18. The monoisotopic (exact) mass is 249 g/mol. The molecule has 0 saturated carbocycles. The number of nitrogens with one attached hydrogen (secondary N) is 1. The molecule has 0 spiro atoms. The van der Waals surface area contributed by atoms with Crippen molar-refractivity contribution in [3.8, 4) is 0 Å². The maximum absolute atomic E-state index is 11.4. The molecule has 90 valence electrons. The molecular weight excluding hydrogens is 234 g/mol. The number of aromatic nitrogens is 2. The highest BCUT2D eigenvalue weighted by Crippen LogP contribution is 2.19. The van der Waals surface area contributed by atoms with E-state index in [-0.39, 0.29) is 11.6 Å². The van der Waals surface area contributed by atoms with Crippen LogP contribution in [0, 0.1) is 0 Å². The Hall–Kier alpha value is -1.62. The van der Waals surface area contributed by atoms with Crippen LogP contribution >= 0.6 is 11.3 Å². The van der Waals surface area contributed by atoms with Gasteiger partial charge in [0, 0.05) is 30.4 Å². The number of thiazole rings is 1. The molecule has 2 rings (SSSR count). The van der Waals surface area contributed by atoms with Crippen molar-refractivity contribution in [1.82, 2.24) is 9.55 Å². The van der Waals surface area contributed by atoms with Crippen LogP contribution in [0.3, 0.4) is 0 Å². The first-order valence-corrected chi connectivity index (χ1v) is 6.45. The van der Waals surface area contributed by atoms with Gasteiger partial charge in [-0.2, -0.15) is 0 Å². The van der Waals surface area contributed by atoms with Gasteiger partial charge in [-0.3, -0.25) is 4.79 Å². The molecule has 0 aliphatic carbocycles. The first-order chi connectivity index (χ1) is 8.20. The summed E-state index contributed by atoms with van der Waals surface area (Å²) in [7, 11) is 0. The summed E-state index contributed by atoms with van der Waals surface area (Å²) in [6.07, 6.45) is 3.64. The topological polar surface area (TPSA) is 46.9 Å². The summed E-state index contributed by atoms with van der Waals surface area (Å²) >= 11 is 1.62. The van der Waals surface area contributed by atoms with E-state index in [1.54, 1.807) is 34.2 Å². The summed E-state index contributed by atoms with van der Waals surface area (Å²) in [6.45, 7) is 4.69. The molecule has 4 nitrogen and oxygen atoms in total. The van der Waals surface area contributed by atoms with Crippen molar-refractivity contribution in [2.75, 3.05) is 5.32 Å². The Balaban J connectivity index is 2.16. The fourth-order valence-corrected chi connectivity index (χ4v) is 2.27. The molecule has 1 atom stereocenters. The lowest BCUT2D eigenvalue weighted by molar-refractivity contribution is 0.725. The largest absolute Gasteiger partial charge is 0.375 e. The Bertz CT molecular complexity index is 533. The van der Waals surface area contributed by atoms with Gasteiger partial charge in [-0.1, -0.05) is 0 Å². The van der Waals surface area contributed by atoms with E-state index < -0.39 is 0 Å². The summed E-state index contributed by atoms with van der Waals surface area (Å²) in [5, 5.41) is 6.33. The normalized spacial score (nSPS) is 12.4. The molecule has 0 aromatic carbocycles. The van der Waals surface area contributed by atoms with Gasteiger partial charge in [0.25, 0.3) is 5.56 Å². The Morgan fingerprint density at radius 1 is 1.53 bits per heavy atom. The number of aryl methyl sites for hydroxylation is 1. The maximum Gasteiger partial charge on any atom is 0.250 e. The van der Waals surface area contributed by atoms with Crippen LogP contribution in [0.5, 0.6) is 0 Å². The van der Waals surface area contributed by atoms with Gasteiger partial charge in [-0.05, 0) is 19.9 Å². The zero-order valence-corrected chi connectivity index (χ0v) is 10.7. The molecule has 1 N–H and O–H groups in total. The van der Waals surface area contributed by atoms with Crippen molar-refractivity contribution < 1.29 is 0 Å². The number of nitrogens with zero attached hydrogens (tertiary/aromatic N) is 2. The van der Waals surface area contributed by atoms with E-state index in [4.69, 9.17) is 0 Å². The minimum Gasteiger partial charge on any atom is -0.375 e. The van der Waals surface area contributed by atoms with Crippen molar-refractivity contribution in [2.45, 2.75) is 26.4 Å². The Morgan fingerprint density at radius 3 is 3.00 bits per heavy atom. The van der Waals surface area contributed by atoms with Gasteiger partial charge in [0.05, 0.1) is 11.7 Å². The van der Waals surface area contributed by atoms with Crippen LogP contribution in [0.25, 0.3) is 0 Å². The third kappa shape index (κ3) is 2.74. The second-order valence-corrected chi connectivity index (χ2v) is 4.70. The molecular formula is C12H15N3OS. The van der Waals surface area contributed by atoms with Crippen LogP contribution < -0.4 is 10.9 Å². The fourth-order valence-electron chi connectivity index (χ4n) is 1.62. The number of anilines is 1. The molecule has 0 saturated heterocycles. The van der Waals surface area contributed by atoms with E-state index in [0.717, 1.165) is 10.7 Å². The van der Waals surface area contributed by atoms with Crippen molar-refractivity contribution >= 4 is 17.0 Å². The molecule has 17 heavy (non-hydrogen) atoms. The molecule has 0 aliphatic heterocycles. The molecule has 2 aromatic rings. The predicted molar refractivity (Wildman–Crippen MR) is 70.5 cm³/mol. The minimum absolute atomic E-state index is 0.0277. The number of hydrogen-bond acceptors (Lipinski definition) is 4. The summed E-state index contributed by atoms with van der Waals surface area (Å²) in [5.41, 5.74) is 0.967. The minimum atomic E-state index is 0.0277. The lowest BCUT2D eigenvalue weighted by atomic mass is 10.3. The van der Waals surface area contributed by atoms with Crippen LogP contribution in [-0.2, 0) is 6.54 Å². The second-order valence-electron chi connectivity index (χ2n) is 3.78. The predicted octanol–water partition coefficient (Wildman–Crippen LogP) is 2.50. The maximum atomic E-state index is 11.4. The van der Waals surface area contributed by atoms with Crippen LogP contribution in [0.2, 0.25) is 0 Å². The van der Waals surface area contributed by atoms with E-state index >= 15 is 0 Å². The van der Waals surface area contributed by atoms with E-state index in [1.165, 1.54) is 0 Å². The third-order valence-corrected chi connectivity index (χ3v) is 3.49. The average Bonchev–Trinajstić information content (AvgIpc) is 2.85. The SMILES string of the molecule is CCn1cc(NC(C)c2nccs2)ccc1=O. The zero-order chi connectivity index (χ0) is 12.3. The Labute approximate surface area is 104 Å². The highest BCUT2D eigenvalue weighted by molar-refractivity contribution is 7.09. The van der Waals surface area contributed by atoms with Gasteiger partial charge in [-0.25, -0.2) is 4.98 Å². The highest BCUT2D eigenvalue weighted by atomic mass is 32.1. The summed E-state index contributed by atoms with van der Waals surface area (Å²) < 4.78 is 1.68. The van der Waals surface area contributed by atoms with Gasteiger partial charge in [-0.15, -0.1) is 11.3 Å². The molecule has 0 radical (unpaired) electrons. The van der Waals surface area contributed by atoms with Crippen molar-refractivity contribution in [3.63, 3.8) is 0 Å². The van der Waals surface area contributed by atoms with Crippen LogP contribution in [0.1, 0.15) is 24.9 Å². The standard InChI is InChI=1S/C12H15N3OS/c1-3-15-8-10(4-5-11(15)16)14-9(2)12-13-6-7-17-12/h4-9,14H,3H2,1-2H3. The van der Waals surface area contributed by atoms with Crippen LogP contribution in [0.15, 0.2) is 34.7 Å². The quantitative estimate of drug-likeness (QED) is 0.905. The smallest absolute Gasteiger partial charge is 0.250 e. The van der Waals surface area contributed by atoms with Gasteiger partial charge >= 0.3 is 0 Å². The van der Waals surface area contributed by atoms with Gasteiger partial charge < -0.3 is 9.88 Å².